The van der Waals surface area contributed by atoms with Gasteiger partial charge in [-0.3, -0.25) is 10.00 Å². The van der Waals surface area contributed by atoms with Gasteiger partial charge in [-0.05, 0) is 19.3 Å². The minimum Gasteiger partial charge on any atom is -0.380 e. The van der Waals surface area contributed by atoms with Crippen molar-refractivity contribution in [2.75, 3.05) is 13.7 Å². The first kappa shape index (κ1) is 13.9. The summed E-state index contributed by atoms with van der Waals surface area (Å²) >= 11 is 0. The van der Waals surface area contributed by atoms with Gasteiger partial charge >= 0.3 is 0 Å². The highest BCUT2D eigenvalue weighted by molar-refractivity contribution is 5.10. The summed E-state index contributed by atoms with van der Waals surface area (Å²) in [4.78, 5) is 11.3. The van der Waals surface area contributed by atoms with Crippen molar-refractivity contribution in [3.63, 3.8) is 0 Å². The van der Waals surface area contributed by atoms with E-state index in [0.29, 0.717) is 5.92 Å². The third kappa shape index (κ3) is 2.55. The third-order valence-electron chi connectivity index (χ3n) is 4.76. The number of aryl methyl sites for hydroxylation is 1. The Labute approximate surface area is 129 Å². The van der Waals surface area contributed by atoms with Crippen molar-refractivity contribution in [1.82, 2.24) is 29.6 Å². The molecule has 0 radical (unpaired) electrons. The summed E-state index contributed by atoms with van der Waals surface area (Å²) < 4.78 is 7.65. The van der Waals surface area contributed by atoms with Crippen LogP contribution in [0, 0.1) is 0 Å². The van der Waals surface area contributed by atoms with Crippen LogP contribution in [0.2, 0.25) is 0 Å². The van der Waals surface area contributed by atoms with Crippen molar-refractivity contribution in [3.05, 3.63) is 29.9 Å². The van der Waals surface area contributed by atoms with Gasteiger partial charge in [0.2, 0.25) is 0 Å². The monoisotopic (exact) mass is 302 g/mol. The van der Waals surface area contributed by atoms with Gasteiger partial charge in [0, 0.05) is 39.4 Å². The summed E-state index contributed by atoms with van der Waals surface area (Å²) in [5.41, 5.74) is 1.20. The molecule has 0 bridgehead atoms. The Balaban J connectivity index is 1.55. The first-order valence-electron chi connectivity index (χ1n) is 7.89. The number of nitrogens with zero attached hydrogens (tertiary/aromatic N) is 5. The van der Waals surface area contributed by atoms with Gasteiger partial charge in [0.25, 0.3) is 0 Å². The maximum Gasteiger partial charge on any atom is 0.153 e. The van der Waals surface area contributed by atoms with Gasteiger partial charge in [-0.25, -0.2) is 9.97 Å². The number of imidazole rings is 1. The van der Waals surface area contributed by atoms with Gasteiger partial charge in [0.1, 0.15) is 5.82 Å². The van der Waals surface area contributed by atoms with Crippen LogP contribution >= 0.6 is 0 Å². The Kier molecular flexibility index (Phi) is 3.46. The standard InChI is InChI=1S/C15H22N6O/c1-20-9-16-6-11(20)7-21-8-12(22-2)5-13(21)15-17-14(18-19-15)10-3-4-10/h6,9-10,12-13H,3-5,7-8H2,1-2H3,(H,17,18,19)/t12-,13+/m1/s1. The molecule has 0 unspecified atom stereocenters. The minimum absolute atomic E-state index is 0.236. The Morgan fingerprint density at radius 3 is 2.95 bits per heavy atom. The number of hydrogen-bond acceptors (Lipinski definition) is 5. The molecule has 0 spiro atoms. The lowest BCUT2D eigenvalue weighted by molar-refractivity contribution is 0.107. The van der Waals surface area contributed by atoms with E-state index < -0.39 is 0 Å². The van der Waals surface area contributed by atoms with Crippen molar-refractivity contribution >= 4 is 0 Å². The fraction of sp³-hybridized carbons (Fsp3) is 0.667. The molecule has 7 nitrogen and oxygen atoms in total. The van der Waals surface area contributed by atoms with Crippen LogP contribution in [0.4, 0.5) is 0 Å². The second-order valence-electron chi connectivity index (χ2n) is 6.39. The number of H-pyrrole nitrogens is 1. The summed E-state index contributed by atoms with van der Waals surface area (Å²) in [7, 11) is 3.81. The molecule has 0 aromatic carbocycles. The number of likely N-dealkylation sites (tertiary alicyclic amines) is 1. The Bertz CT molecular complexity index is 646. The molecule has 2 aromatic rings. The number of ether oxygens (including phenoxy) is 1. The molecule has 1 saturated heterocycles. The van der Waals surface area contributed by atoms with Gasteiger partial charge in [-0.15, -0.1) is 0 Å². The molecule has 2 atom stereocenters. The molecule has 4 rings (SSSR count). The Hall–Kier alpha value is -1.73. The molecular formula is C15H22N6O. The third-order valence-corrected chi connectivity index (χ3v) is 4.76. The largest absolute Gasteiger partial charge is 0.380 e. The fourth-order valence-corrected chi connectivity index (χ4v) is 3.20. The minimum atomic E-state index is 0.236. The number of aromatic nitrogens is 5. The summed E-state index contributed by atoms with van der Waals surface area (Å²) in [6, 6.07) is 0.236. The van der Waals surface area contributed by atoms with Crippen molar-refractivity contribution in [2.24, 2.45) is 7.05 Å². The molecule has 1 aliphatic carbocycles. The Morgan fingerprint density at radius 2 is 2.27 bits per heavy atom. The number of rotatable bonds is 5. The summed E-state index contributed by atoms with van der Waals surface area (Å²) in [6.07, 6.45) is 7.41. The van der Waals surface area contributed by atoms with E-state index in [4.69, 9.17) is 9.72 Å². The smallest absolute Gasteiger partial charge is 0.153 e. The van der Waals surface area contributed by atoms with E-state index in [1.807, 2.05) is 19.6 Å². The summed E-state index contributed by atoms with van der Waals surface area (Å²) in [6.45, 7) is 1.76. The van der Waals surface area contributed by atoms with E-state index in [0.717, 1.165) is 31.2 Å². The number of methoxy groups -OCH3 is 1. The molecule has 1 saturated carbocycles. The maximum atomic E-state index is 5.58. The van der Waals surface area contributed by atoms with E-state index in [-0.39, 0.29) is 12.1 Å². The van der Waals surface area contributed by atoms with E-state index >= 15 is 0 Å². The zero-order chi connectivity index (χ0) is 15.1. The first-order chi connectivity index (χ1) is 10.7. The Morgan fingerprint density at radius 1 is 1.41 bits per heavy atom. The lowest BCUT2D eigenvalue weighted by Crippen LogP contribution is -2.26. The average molecular weight is 302 g/mol. The molecule has 1 aliphatic heterocycles. The average Bonchev–Trinajstić information content (AvgIpc) is 2.95. The van der Waals surface area contributed by atoms with Crippen molar-refractivity contribution in [3.8, 4) is 0 Å². The molecule has 2 aliphatic rings. The predicted molar refractivity (Wildman–Crippen MR) is 80.1 cm³/mol. The zero-order valence-corrected chi connectivity index (χ0v) is 13.1. The lowest BCUT2D eigenvalue weighted by atomic mass is 10.2. The molecule has 2 aromatic heterocycles. The van der Waals surface area contributed by atoms with Crippen molar-refractivity contribution < 1.29 is 4.74 Å². The molecule has 118 valence electrons. The van der Waals surface area contributed by atoms with E-state index in [1.54, 1.807) is 7.11 Å². The normalized spacial score (nSPS) is 25.9. The molecule has 3 heterocycles. The van der Waals surface area contributed by atoms with Gasteiger partial charge in [0.15, 0.2) is 5.82 Å². The second kappa shape index (κ2) is 5.48. The number of nitrogens with one attached hydrogen (secondary N) is 1. The number of aromatic amines is 1. The van der Waals surface area contributed by atoms with E-state index in [1.165, 1.54) is 18.5 Å². The van der Waals surface area contributed by atoms with Crippen LogP contribution in [0.15, 0.2) is 12.5 Å². The van der Waals surface area contributed by atoms with Crippen LogP contribution in [0.25, 0.3) is 0 Å². The number of hydrogen-bond donors (Lipinski definition) is 1. The molecule has 7 heteroatoms. The quantitative estimate of drug-likeness (QED) is 0.903. The summed E-state index contributed by atoms with van der Waals surface area (Å²) in [5.74, 6) is 2.54. The zero-order valence-electron chi connectivity index (χ0n) is 13.1. The van der Waals surface area contributed by atoms with Gasteiger partial charge in [-0.1, -0.05) is 0 Å². The molecule has 1 N–H and O–H groups in total. The molecule has 2 fully saturated rings. The highest BCUT2D eigenvalue weighted by Gasteiger charge is 2.37. The van der Waals surface area contributed by atoms with Gasteiger partial charge < -0.3 is 9.30 Å². The highest BCUT2D eigenvalue weighted by atomic mass is 16.5. The first-order valence-corrected chi connectivity index (χ1v) is 7.89. The predicted octanol–water partition coefficient (Wildman–Crippen LogP) is 1.38. The van der Waals surface area contributed by atoms with Crippen LogP contribution in [0.1, 0.15) is 48.6 Å². The topological polar surface area (TPSA) is 71.9 Å². The molecule has 0 amide bonds. The SMILES string of the molecule is CO[C@@H]1C[C@@H](c2nc(C3CC3)n[nH]2)N(Cc2cncn2C)C1. The van der Waals surface area contributed by atoms with Gasteiger partial charge in [-0.2, -0.15) is 5.10 Å². The van der Waals surface area contributed by atoms with Crippen LogP contribution in [-0.2, 0) is 18.3 Å². The fourth-order valence-electron chi connectivity index (χ4n) is 3.20. The van der Waals surface area contributed by atoms with Crippen LogP contribution in [0.3, 0.4) is 0 Å². The lowest BCUT2D eigenvalue weighted by Gasteiger charge is -2.22. The molecular weight excluding hydrogens is 280 g/mol. The molecule has 22 heavy (non-hydrogen) atoms. The van der Waals surface area contributed by atoms with Crippen molar-refractivity contribution in [1.29, 1.82) is 0 Å². The van der Waals surface area contributed by atoms with Crippen LogP contribution < -0.4 is 0 Å². The van der Waals surface area contributed by atoms with E-state index in [2.05, 4.69) is 24.6 Å². The van der Waals surface area contributed by atoms with Crippen LogP contribution in [-0.4, -0.2) is 49.4 Å². The highest BCUT2D eigenvalue weighted by Crippen LogP contribution is 2.39. The van der Waals surface area contributed by atoms with E-state index in [9.17, 15) is 0 Å². The second-order valence-corrected chi connectivity index (χ2v) is 6.39. The maximum absolute atomic E-state index is 5.58. The van der Waals surface area contributed by atoms with Gasteiger partial charge in [0.05, 0.1) is 24.2 Å². The summed E-state index contributed by atoms with van der Waals surface area (Å²) in [5, 5.41) is 7.56. The van der Waals surface area contributed by atoms with Crippen LogP contribution in [0.5, 0.6) is 0 Å². The van der Waals surface area contributed by atoms with Crippen molar-refractivity contribution in [2.45, 2.75) is 43.9 Å².